The first kappa shape index (κ1) is 17.9. The molecule has 1 fully saturated rings. The Morgan fingerprint density at radius 2 is 1.81 bits per heavy atom. The van der Waals surface area contributed by atoms with Crippen LogP contribution in [0.5, 0.6) is 0 Å². The van der Waals surface area contributed by atoms with Gasteiger partial charge in [0.15, 0.2) is 0 Å². The Bertz CT molecular complexity index is 981. The molecule has 0 aliphatic carbocycles. The van der Waals surface area contributed by atoms with E-state index in [2.05, 4.69) is 46.0 Å². The predicted octanol–water partition coefficient (Wildman–Crippen LogP) is 4.09. The largest absolute Gasteiger partial charge is 0.353 e. The molecular weight excluding hydrogens is 354 g/mol. The molecule has 5 nitrogen and oxygen atoms in total. The lowest BCUT2D eigenvalue weighted by Gasteiger charge is -2.33. The number of anilines is 1. The molecule has 2 aromatic heterocycles. The highest BCUT2D eigenvalue weighted by Crippen LogP contribution is 2.40. The van der Waals surface area contributed by atoms with Gasteiger partial charge in [-0.25, -0.2) is 14.8 Å². The number of likely N-dealkylation sites (N-methyl/N-ethyl adjacent to an activating group) is 1. The molecule has 1 aliphatic heterocycles. The van der Waals surface area contributed by atoms with Gasteiger partial charge < -0.3 is 9.80 Å². The van der Waals surface area contributed by atoms with Crippen LogP contribution in [0, 0.1) is 13.5 Å². The molecule has 0 spiro atoms. The van der Waals surface area contributed by atoms with Gasteiger partial charge in [-0.1, -0.05) is 30.3 Å². The van der Waals surface area contributed by atoms with Crippen LogP contribution in [0.15, 0.2) is 30.3 Å². The normalized spacial score (nSPS) is 15.2. The summed E-state index contributed by atoms with van der Waals surface area (Å²) in [6.07, 6.45) is 1.74. The minimum atomic E-state index is 0.731. The van der Waals surface area contributed by atoms with Gasteiger partial charge in [0.1, 0.15) is 16.5 Å². The molecule has 138 valence electrons. The number of thiophene rings is 1. The van der Waals surface area contributed by atoms with Crippen molar-refractivity contribution in [2.45, 2.75) is 19.8 Å². The Hall–Kier alpha value is -2.49. The quantitative estimate of drug-likeness (QED) is 0.642. The Balaban J connectivity index is 1.71. The highest BCUT2D eigenvalue weighted by Gasteiger charge is 2.22. The number of benzene rings is 1. The van der Waals surface area contributed by atoms with Gasteiger partial charge in [0.05, 0.1) is 6.57 Å². The average Bonchev–Trinajstić information content (AvgIpc) is 3.03. The molecule has 1 saturated heterocycles. The zero-order valence-corrected chi connectivity index (χ0v) is 16.6. The maximum Gasteiger partial charge on any atom is 0.246 e. The minimum absolute atomic E-state index is 0.731. The lowest BCUT2D eigenvalue weighted by molar-refractivity contribution is 0.312. The topological polar surface area (TPSA) is 36.6 Å². The first-order valence-corrected chi connectivity index (χ1v) is 10.1. The van der Waals surface area contributed by atoms with E-state index in [1.54, 1.807) is 0 Å². The standard InChI is InChI=1S/C21H23N5S/c1-15-18-19(26-13-11-25(3)12-14-26)23-17(24-21(18)27-20(15)22-2)10-9-16-7-5-4-6-8-16/h4-8H,9-14H2,1,3H3. The third kappa shape index (κ3) is 3.66. The van der Waals surface area contributed by atoms with E-state index >= 15 is 0 Å². The zero-order valence-electron chi connectivity index (χ0n) is 15.8. The second-order valence-electron chi connectivity index (χ2n) is 7.06. The molecule has 0 N–H and O–H groups in total. The van der Waals surface area contributed by atoms with Gasteiger partial charge in [0.25, 0.3) is 0 Å². The van der Waals surface area contributed by atoms with Crippen LogP contribution in [0.1, 0.15) is 17.0 Å². The molecule has 4 rings (SSSR count). The summed E-state index contributed by atoms with van der Waals surface area (Å²) >= 11 is 1.50. The second kappa shape index (κ2) is 7.63. The second-order valence-corrected chi connectivity index (χ2v) is 8.04. The number of fused-ring (bicyclic) bond motifs is 1. The number of aryl methyl sites for hydroxylation is 3. The van der Waals surface area contributed by atoms with Gasteiger partial charge in [-0.3, -0.25) is 0 Å². The molecule has 0 bridgehead atoms. The Labute approximate surface area is 164 Å². The fourth-order valence-electron chi connectivity index (χ4n) is 3.52. The first-order chi connectivity index (χ1) is 13.2. The van der Waals surface area contributed by atoms with Gasteiger partial charge in [-0.2, -0.15) is 0 Å². The van der Waals surface area contributed by atoms with E-state index in [1.165, 1.54) is 16.9 Å². The van der Waals surface area contributed by atoms with Crippen molar-refractivity contribution in [3.8, 4) is 0 Å². The van der Waals surface area contributed by atoms with Crippen LogP contribution in [0.25, 0.3) is 15.1 Å². The Kier molecular flexibility index (Phi) is 5.06. The molecule has 0 radical (unpaired) electrons. The molecule has 3 aromatic rings. The summed E-state index contributed by atoms with van der Waals surface area (Å²) in [6, 6.07) is 10.5. The van der Waals surface area contributed by atoms with E-state index in [4.69, 9.17) is 16.5 Å². The van der Waals surface area contributed by atoms with Gasteiger partial charge in [0, 0.05) is 38.0 Å². The molecule has 0 amide bonds. The van der Waals surface area contributed by atoms with E-state index < -0.39 is 0 Å². The molecule has 6 heteroatoms. The summed E-state index contributed by atoms with van der Waals surface area (Å²) in [5.41, 5.74) is 2.32. The number of hydrogen-bond acceptors (Lipinski definition) is 5. The Morgan fingerprint density at radius 3 is 2.52 bits per heavy atom. The van der Waals surface area contributed by atoms with Crippen molar-refractivity contribution in [2.75, 3.05) is 38.1 Å². The molecule has 0 saturated carbocycles. The highest BCUT2D eigenvalue weighted by molar-refractivity contribution is 7.22. The van der Waals surface area contributed by atoms with Crippen LogP contribution >= 0.6 is 11.3 Å². The number of hydrogen-bond donors (Lipinski definition) is 0. The number of nitrogens with zero attached hydrogens (tertiary/aromatic N) is 5. The van der Waals surface area contributed by atoms with Crippen LogP contribution in [0.3, 0.4) is 0 Å². The molecule has 0 atom stereocenters. The Morgan fingerprint density at radius 1 is 1.07 bits per heavy atom. The summed E-state index contributed by atoms with van der Waals surface area (Å²) in [5.74, 6) is 1.89. The van der Waals surface area contributed by atoms with Gasteiger partial charge in [-0.05, 0) is 31.5 Å². The average molecular weight is 378 g/mol. The van der Waals surface area contributed by atoms with Crippen LogP contribution < -0.4 is 4.90 Å². The van der Waals surface area contributed by atoms with Gasteiger partial charge >= 0.3 is 0 Å². The summed E-state index contributed by atoms with van der Waals surface area (Å²) in [4.78, 5) is 19.2. The molecule has 1 aliphatic rings. The third-order valence-corrected chi connectivity index (χ3v) is 6.26. The number of aromatic nitrogens is 2. The first-order valence-electron chi connectivity index (χ1n) is 9.30. The molecule has 3 heterocycles. The van der Waals surface area contributed by atoms with Gasteiger partial charge in [-0.15, -0.1) is 11.3 Å². The SMILES string of the molecule is [C-]#[N+]c1sc2nc(CCc3ccccc3)nc(N3CCN(C)CC3)c2c1C. The highest BCUT2D eigenvalue weighted by atomic mass is 32.1. The molecule has 27 heavy (non-hydrogen) atoms. The fraction of sp³-hybridized carbons (Fsp3) is 0.381. The van der Waals surface area contributed by atoms with Crippen LogP contribution in [0.2, 0.25) is 0 Å². The van der Waals surface area contributed by atoms with Crippen molar-refractivity contribution in [3.63, 3.8) is 0 Å². The minimum Gasteiger partial charge on any atom is -0.353 e. The van der Waals surface area contributed by atoms with E-state index in [0.717, 1.165) is 71.4 Å². The zero-order chi connectivity index (χ0) is 18.8. The number of piperazine rings is 1. The van der Waals surface area contributed by atoms with Crippen LogP contribution in [-0.4, -0.2) is 48.1 Å². The molecule has 0 unspecified atom stereocenters. The van der Waals surface area contributed by atoms with E-state index in [0.29, 0.717) is 0 Å². The van der Waals surface area contributed by atoms with Crippen molar-refractivity contribution in [1.82, 2.24) is 14.9 Å². The van der Waals surface area contributed by atoms with Crippen LogP contribution in [-0.2, 0) is 12.8 Å². The van der Waals surface area contributed by atoms with E-state index in [-0.39, 0.29) is 0 Å². The lowest BCUT2D eigenvalue weighted by Crippen LogP contribution is -2.45. The van der Waals surface area contributed by atoms with E-state index in [9.17, 15) is 0 Å². The monoisotopic (exact) mass is 377 g/mol. The lowest BCUT2D eigenvalue weighted by atomic mass is 10.1. The van der Waals surface area contributed by atoms with Crippen molar-refractivity contribution >= 4 is 32.4 Å². The fourth-order valence-corrected chi connectivity index (χ4v) is 4.50. The smallest absolute Gasteiger partial charge is 0.246 e. The summed E-state index contributed by atoms with van der Waals surface area (Å²) in [6.45, 7) is 13.5. The van der Waals surface area contributed by atoms with Crippen molar-refractivity contribution in [2.24, 2.45) is 0 Å². The maximum absolute atomic E-state index is 7.47. The van der Waals surface area contributed by atoms with Gasteiger partial charge in [0.2, 0.25) is 5.00 Å². The summed E-state index contributed by atoms with van der Waals surface area (Å²) in [7, 11) is 2.16. The van der Waals surface area contributed by atoms with E-state index in [1.807, 2.05) is 13.0 Å². The van der Waals surface area contributed by atoms with Crippen molar-refractivity contribution < 1.29 is 0 Å². The van der Waals surface area contributed by atoms with Crippen molar-refractivity contribution in [3.05, 3.63) is 58.7 Å². The van der Waals surface area contributed by atoms with Crippen LogP contribution in [0.4, 0.5) is 10.8 Å². The molecular formula is C21H23N5S. The predicted molar refractivity (Wildman–Crippen MR) is 112 cm³/mol. The summed E-state index contributed by atoms with van der Waals surface area (Å²) in [5, 5.41) is 1.80. The third-order valence-electron chi connectivity index (χ3n) is 5.18. The summed E-state index contributed by atoms with van der Waals surface area (Å²) < 4.78 is 0. The number of rotatable bonds is 4. The maximum atomic E-state index is 7.47. The van der Waals surface area contributed by atoms with Crippen molar-refractivity contribution in [1.29, 1.82) is 0 Å². The molecule has 1 aromatic carbocycles.